The van der Waals surface area contributed by atoms with Crippen LogP contribution >= 0.6 is 24.8 Å². The number of nitrogens with zero attached hydrogens (tertiary/aromatic N) is 2. The van der Waals surface area contributed by atoms with Crippen LogP contribution in [0, 0.1) is 11.8 Å². The number of nitrogens with one attached hydrogen (secondary N) is 2. The summed E-state index contributed by atoms with van der Waals surface area (Å²) in [5.74, 6) is 2.16. The van der Waals surface area contributed by atoms with Crippen molar-refractivity contribution in [3.63, 3.8) is 0 Å². The van der Waals surface area contributed by atoms with Crippen molar-refractivity contribution < 1.29 is 4.79 Å². The second-order valence-electron chi connectivity index (χ2n) is 6.96. The molecule has 3 heterocycles. The summed E-state index contributed by atoms with van der Waals surface area (Å²) < 4.78 is 0. The molecule has 2 N–H and O–H groups in total. The summed E-state index contributed by atoms with van der Waals surface area (Å²) in [6.07, 6.45) is 6.46. The first-order chi connectivity index (χ1) is 11.2. The van der Waals surface area contributed by atoms with E-state index in [-0.39, 0.29) is 36.6 Å². The van der Waals surface area contributed by atoms with E-state index < -0.39 is 0 Å². The van der Waals surface area contributed by atoms with Crippen molar-refractivity contribution >= 4 is 36.5 Å². The molecule has 1 aromatic heterocycles. The zero-order valence-corrected chi connectivity index (χ0v) is 16.5. The predicted molar refractivity (Wildman–Crippen MR) is 107 cm³/mol. The van der Waals surface area contributed by atoms with Crippen LogP contribution < -0.4 is 15.5 Å². The first-order valence-electron chi connectivity index (χ1n) is 8.90. The molecule has 7 heteroatoms. The summed E-state index contributed by atoms with van der Waals surface area (Å²) in [6, 6.07) is 4.17. The van der Waals surface area contributed by atoms with Gasteiger partial charge in [0.15, 0.2) is 0 Å². The van der Waals surface area contributed by atoms with Crippen molar-refractivity contribution in [2.75, 3.05) is 31.1 Å². The fraction of sp³-hybridized carbons (Fsp3) is 0.667. The van der Waals surface area contributed by atoms with Crippen LogP contribution in [0.15, 0.2) is 18.3 Å². The topological polar surface area (TPSA) is 57.3 Å². The molecule has 0 aliphatic carbocycles. The lowest BCUT2D eigenvalue weighted by Gasteiger charge is -2.31. The Bertz CT molecular complexity index is 512. The van der Waals surface area contributed by atoms with Gasteiger partial charge in [0.2, 0.25) is 5.91 Å². The van der Waals surface area contributed by atoms with Gasteiger partial charge in [-0.3, -0.25) is 4.79 Å². The van der Waals surface area contributed by atoms with Gasteiger partial charge >= 0.3 is 0 Å². The molecular weight excluding hydrogens is 359 g/mol. The van der Waals surface area contributed by atoms with Gasteiger partial charge in [-0.2, -0.15) is 0 Å². The van der Waals surface area contributed by atoms with Gasteiger partial charge in [0.05, 0.1) is 5.92 Å². The molecule has 0 aromatic carbocycles. The Labute approximate surface area is 163 Å². The maximum atomic E-state index is 12.1. The number of carbonyl (C=O) groups excluding carboxylic acids is 1. The largest absolute Gasteiger partial charge is 0.357 e. The quantitative estimate of drug-likeness (QED) is 0.832. The molecule has 1 aromatic rings. The van der Waals surface area contributed by atoms with E-state index in [4.69, 9.17) is 0 Å². The SMILES string of the molecule is CC1CCN(c2ccc(CNC(=O)C3CCCNC3)cn2)CC1.Cl.Cl. The van der Waals surface area contributed by atoms with Crippen molar-refractivity contribution in [1.82, 2.24) is 15.6 Å². The first kappa shape index (κ1) is 22.0. The molecule has 0 radical (unpaired) electrons. The number of piperidine rings is 2. The van der Waals surface area contributed by atoms with Crippen LogP contribution in [-0.4, -0.2) is 37.1 Å². The Balaban J connectivity index is 0.00000156. The number of aromatic nitrogens is 1. The summed E-state index contributed by atoms with van der Waals surface area (Å²) in [5.41, 5.74) is 1.07. The normalized spacial score (nSPS) is 21.0. The van der Waals surface area contributed by atoms with Crippen LogP contribution in [0.4, 0.5) is 5.82 Å². The van der Waals surface area contributed by atoms with Gasteiger partial charge in [-0.05, 0) is 49.8 Å². The monoisotopic (exact) mass is 388 g/mol. The highest BCUT2D eigenvalue weighted by molar-refractivity contribution is 5.85. The molecule has 2 fully saturated rings. The van der Waals surface area contributed by atoms with E-state index >= 15 is 0 Å². The van der Waals surface area contributed by atoms with E-state index in [9.17, 15) is 4.79 Å². The average Bonchev–Trinajstić information content (AvgIpc) is 2.61. The molecule has 142 valence electrons. The second kappa shape index (κ2) is 10.8. The van der Waals surface area contributed by atoms with Crippen LogP contribution in [-0.2, 0) is 11.3 Å². The Kier molecular flexibility index (Phi) is 9.54. The number of carbonyl (C=O) groups is 1. The Morgan fingerprint density at radius 2 is 2.04 bits per heavy atom. The number of pyridine rings is 1. The van der Waals surface area contributed by atoms with E-state index in [0.717, 1.165) is 56.3 Å². The molecule has 1 unspecified atom stereocenters. The number of rotatable bonds is 4. The first-order valence-corrected chi connectivity index (χ1v) is 8.90. The predicted octanol–water partition coefficient (Wildman–Crippen LogP) is 2.78. The van der Waals surface area contributed by atoms with Gasteiger partial charge in [-0.15, -0.1) is 24.8 Å². The summed E-state index contributed by atoms with van der Waals surface area (Å²) in [6.45, 7) is 6.91. The fourth-order valence-corrected chi connectivity index (χ4v) is 3.36. The van der Waals surface area contributed by atoms with Crippen molar-refractivity contribution in [2.24, 2.45) is 11.8 Å². The standard InChI is InChI=1S/C18H28N4O.2ClH/c1-14-6-9-22(10-7-14)17-5-4-15(11-20-17)12-21-18(23)16-3-2-8-19-13-16;;/h4-5,11,14,16,19H,2-3,6-10,12-13H2,1H3,(H,21,23);2*1H. The van der Waals surface area contributed by atoms with Crippen molar-refractivity contribution in [2.45, 2.75) is 39.2 Å². The third kappa shape index (κ3) is 6.32. The number of amides is 1. The van der Waals surface area contributed by atoms with Gasteiger partial charge in [0.25, 0.3) is 0 Å². The van der Waals surface area contributed by atoms with Crippen molar-refractivity contribution in [1.29, 1.82) is 0 Å². The molecule has 3 rings (SSSR count). The van der Waals surface area contributed by atoms with Gasteiger partial charge in [0.1, 0.15) is 5.82 Å². The molecular formula is C18H30Cl2N4O. The molecule has 25 heavy (non-hydrogen) atoms. The minimum absolute atomic E-state index is 0. The van der Waals surface area contributed by atoms with Crippen LogP contribution in [0.1, 0.15) is 38.2 Å². The van der Waals surface area contributed by atoms with Gasteiger partial charge < -0.3 is 15.5 Å². The van der Waals surface area contributed by atoms with E-state index in [0.29, 0.717) is 6.54 Å². The third-order valence-corrected chi connectivity index (χ3v) is 5.05. The summed E-state index contributed by atoms with van der Waals surface area (Å²) in [5, 5.41) is 6.32. The number of hydrogen-bond acceptors (Lipinski definition) is 4. The van der Waals surface area contributed by atoms with E-state index in [1.807, 2.05) is 6.20 Å². The Hall–Kier alpha value is -1.04. The van der Waals surface area contributed by atoms with Crippen LogP contribution in [0.3, 0.4) is 0 Å². The summed E-state index contributed by atoms with van der Waals surface area (Å²) in [7, 11) is 0. The maximum Gasteiger partial charge on any atom is 0.224 e. The molecule has 0 bridgehead atoms. The minimum atomic E-state index is 0. The highest BCUT2D eigenvalue weighted by Crippen LogP contribution is 2.21. The van der Waals surface area contributed by atoms with E-state index in [1.54, 1.807) is 0 Å². The minimum Gasteiger partial charge on any atom is -0.357 e. The Morgan fingerprint density at radius 1 is 1.28 bits per heavy atom. The molecule has 5 nitrogen and oxygen atoms in total. The lowest BCUT2D eigenvalue weighted by atomic mass is 9.99. The van der Waals surface area contributed by atoms with Gasteiger partial charge in [-0.1, -0.05) is 13.0 Å². The summed E-state index contributed by atoms with van der Waals surface area (Å²) >= 11 is 0. The Morgan fingerprint density at radius 3 is 2.64 bits per heavy atom. The molecule has 2 aliphatic heterocycles. The van der Waals surface area contributed by atoms with E-state index in [2.05, 4.69) is 39.6 Å². The van der Waals surface area contributed by atoms with Crippen LogP contribution in [0.2, 0.25) is 0 Å². The van der Waals surface area contributed by atoms with Gasteiger partial charge in [-0.25, -0.2) is 4.98 Å². The highest BCUT2D eigenvalue weighted by Gasteiger charge is 2.20. The maximum absolute atomic E-state index is 12.1. The molecule has 1 atom stereocenters. The molecule has 1 amide bonds. The zero-order valence-electron chi connectivity index (χ0n) is 14.9. The number of halogens is 2. The zero-order chi connectivity index (χ0) is 16.1. The van der Waals surface area contributed by atoms with Crippen LogP contribution in [0.25, 0.3) is 0 Å². The van der Waals surface area contributed by atoms with Crippen molar-refractivity contribution in [3.05, 3.63) is 23.9 Å². The molecule has 2 saturated heterocycles. The van der Waals surface area contributed by atoms with Crippen molar-refractivity contribution in [3.8, 4) is 0 Å². The molecule has 0 spiro atoms. The average molecular weight is 389 g/mol. The number of anilines is 1. The lowest BCUT2D eigenvalue weighted by molar-refractivity contribution is -0.125. The van der Waals surface area contributed by atoms with E-state index in [1.165, 1.54) is 12.8 Å². The third-order valence-electron chi connectivity index (χ3n) is 5.05. The smallest absolute Gasteiger partial charge is 0.224 e. The lowest BCUT2D eigenvalue weighted by Crippen LogP contribution is -2.40. The van der Waals surface area contributed by atoms with Gasteiger partial charge in [0, 0.05) is 32.4 Å². The van der Waals surface area contributed by atoms with Crippen LogP contribution in [0.5, 0.6) is 0 Å². The molecule has 2 aliphatic rings. The molecule has 0 saturated carbocycles. The highest BCUT2D eigenvalue weighted by atomic mass is 35.5. The second-order valence-corrected chi connectivity index (χ2v) is 6.96. The number of hydrogen-bond donors (Lipinski definition) is 2. The summed E-state index contributed by atoms with van der Waals surface area (Å²) in [4.78, 5) is 19.1. The fourth-order valence-electron chi connectivity index (χ4n) is 3.36.